The maximum atomic E-state index is 12.0. The van der Waals surface area contributed by atoms with Crippen molar-refractivity contribution in [3.05, 3.63) is 0 Å². The number of nitrogens with zero attached hydrogens (tertiary/aromatic N) is 2. The molecule has 1 aliphatic rings. The monoisotopic (exact) mass is 305 g/mol. The molecule has 1 unspecified atom stereocenters. The number of hydrogen-bond donors (Lipinski definition) is 1. The number of rotatable bonds is 7. The molecule has 1 N–H and O–H groups in total. The first-order valence-electron chi connectivity index (χ1n) is 7.30. The first-order valence-corrected chi connectivity index (χ1v) is 7.30. The first kappa shape index (κ1) is 19.2. The van der Waals surface area contributed by atoms with Crippen LogP contribution in [0.15, 0.2) is 0 Å². The van der Waals surface area contributed by atoms with E-state index in [0.717, 1.165) is 25.9 Å². The van der Waals surface area contributed by atoms with E-state index in [1.165, 1.54) is 0 Å². The second kappa shape index (κ2) is 10.00. The summed E-state index contributed by atoms with van der Waals surface area (Å²) in [5, 5.41) is 3.30. The Kier molecular flexibility index (Phi) is 9.59. The van der Waals surface area contributed by atoms with Crippen LogP contribution in [0.3, 0.4) is 0 Å². The molecule has 0 aromatic rings. The van der Waals surface area contributed by atoms with Crippen molar-refractivity contribution in [2.45, 2.75) is 33.1 Å². The second-order valence-corrected chi connectivity index (χ2v) is 5.21. The molecule has 1 atom stereocenters. The average molecular weight is 306 g/mol. The van der Waals surface area contributed by atoms with Crippen LogP contribution in [-0.2, 0) is 9.59 Å². The Labute approximate surface area is 128 Å². The molecular weight excluding hydrogens is 278 g/mol. The summed E-state index contributed by atoms with van der Waals surface area (Å²) >= 11 is 0. The zero-order valence-corrected chi connectivity index (χ0v) is 13.7. The SMILES string of the molecule is CCN(CC)C(=O)CN(C)C(=O)CCC1CCNC1.Cl. The molecule has 6 heteroatoms. The number of nitrogens with one attached hydrogen (secondary N) is 1. The van der Waals surface area contributed by atoms with E-state index >= 15 is 0 Å². The van der Waals surface area contributed by atoms with Crippen LogP contribution in [0.4, 0.5) is 0 Å². The van der Waals surface area contributed by atoms with Crippen molar-refractivity contribution in [3.63, 3.8) is 0 Å². The van der Waals surface area contributed by atoms with Crippen LogP contribution < -0.4 is 5.32 Å². The fraction of sp³-hybridized carbons (Fsp3) is 0.857. The molecule has 1 rings (SSSR count). The number of likely N-dealkylation sites (N-methyl/N-ethyl adjacent to an activating group) is 2. The van der Waals surface area contributed by atoms with Crippen LogP contribution in [0, 0.1) is 5.92 Å². The van der Waals surface area contributed by atoms with E-state index in [4.69, 9.17) is 0 Å². The van der Waals surface area contributed by atoms with Gasteiger partial charge in [-0.2, -0.15) is 0 Å². The quantitative estimate of drug-likeness (QED) is 0.767. The summed E-state index contributed by atoms with van der Waals surface area (Å²) in [6.07, 6.45) is 2.64. The van der Waals surface area contributed by atoms with Crippen molar-refractivity contribution in [1.29, 1.82) is 0 Å². The van der Waals surface area contributed by atoms with Gasteiger partial charge in [0, 0.05) is 26.6 Å². The van der Waals surface area contributed by atoms with Crippen molar-refractivity contribution < 1.29 is 9.59 Å². The number of hydrogen-bond acceptors (Lipinski definition) is 3. The lowest BCUT2D eigenvalue weighted by Crippen LogP contribution is -2.41. The van der Waals surface area contributed by atoms with Gasteiger partial charge >= 0.3 is 0 Å². The van der Waals surface area contributed by atoms with E-state index in [9.17, 15) is 9.59 Å². The standard InChI is InChI=1S/C14H27N3O2.ClH/c1-4-17(5-2)14(19)11-16(3)13(18)7-6-12-8-9-15-10-12;/h12,15H,4-11H2,1-3H3;1H. The van der Waals surface area contributed by atoms with Crippen molar-refractivity contribution in [1.82, 2.24) is 15.1 Å². The molecule has 118 valence electrons. The summed E-state index contributed by atoms with van der Waals surface area (Å²) in [5.41, 5.74) is 0. The largest absolute Gasteiger partial charge is 0.342 e. The van der Waals surface area contributed by atoms with Crippen LogP contribution in [0.2, 0.25) is 0 Å². The maximum absolute atomic E-state index is 12.0. The third-order valence-electron chi connectivity index (χ3n) is 3.84. The van der Waals surface area contributed by atoms with Gasteiger partial charge < -0.3 is 15.1 Å². The predicted molar refractivity (Wildman–Crippen MR) is 83.0 cm³/mol. The molecular formula is C14H28ClN3O2. The topological polar surface area (TPSA) is 52.7 Å². The van der Waals surface area contributed by atoms with Gasteiger partial charge in [0.1, 0.15) is 0 Å². The van der Waals surface area contributed by atoms with Crippen molar-refractivity contribution in [2.75, 3.05) is 39.8 Å². The van der Waals surface area contributed by atoms with E-state index in [2.05, 4.69) is 5.32 Å². The highest BCUT2D eigenvalue weighted by molar-refractivity contribution is 5.85. The molecule has 1 aliphatic heterocycles. The lowest BCUT2D eigenvalue weighted by Gasteiger charge is -2.23. The van der Waals surface area contributed by atoms with Crippen molar-refractivity contribution >= 4 is 24.2 Å². The molecule has 0 aromatic carbocycles. The lowest BCUT2D eigenvalue weighted by molar-refractivity contribution is -0.139. The van der Waals surface area contributed by atoms with E-state index in [1.54, 1.807) is 16.8 Å². The van der Waals surface area contributed by atoms with Crippen LogP contribution in [0.25, 0.3) is 0 Å². The molecule has 5 nitrogen and oxygen atoms in total. The maximum Gasteiger partial charge on any atom is 0.242 e. The number of carbonyl (C=O) groups excluding carboxylic acids is 2. The lowest BCUT2D eigenvalue weighted by atomic mass is 10.0. The van der Waals surface area contributed by atoms with Crippen molar-refractivity contribution in [3.8, 4) is 0 Å². The minimum Gasteiger partial charge on any atom is -0.342 e. The van der Waals surface area contributed by atoms with Gasteiger partial charge in [-0.05, 0) is 45.7 Å². The fourth-order valence-electron chi connectivity index (χ4n) is 2.45. The van der Waals surface area contributed by atoms with Crippen molar-refractivity contribution in [2.24, 2.45) is 5.92 Å². The third-order valence-corrected chi connectivity index (χ3v) is 3.84. The molecule has 0 aromatic heterocycles. The highest BCUT2D eigenvalue weighted by atomic mass is 35.5. The number of amides is 2. The van der Waals surface area contributed by atoms with Crippen LogP contribution in [-0.4, -0.2) is 61.4 Å². The molecule has 0 spiro atoms. The zero-order valence-electron chi connectivity index (χ0n) is 12.9. The zero-order chi connectivity index (χ0) is 14.3. The normalized spacial score (nSPS) is 17.4. The number of halogens is 1. The number of carbonyl (C=O) groups is 2. The summed E-state index contributed by atoms with van der Waals surface area (Å²) in [6.45, 7) is 7.59. The Morgan fingerprint density at radius 1 is 1.20 bits per heavy atom. The van der Waals surface area contributed by atoms with Gasteiger partial charge in [0.05, 0.1) is 6.54 Å². The summed E-state index contributed by atoms with van der Waals surface area (Å²) < 4.78 is 0. The molecule has 2 amide bonds. The predicted octanol–water partition coefficient (Wildman–Crippen LogP) is 1.12. The molecule has 0 saturated carbocycles. The Hall–Kier alpha value is -0.810. The van der Waals surface area contributed by atoms with Crippen LogP contribution >= 0.6 is 12.4 Å². The van der Waals surface area contributed by atoms with E-state index in [0.29, 0.717) is 25.4 Å². The first-order chi connectivity index (χ1) is 9.08. The molecule has 1 fully saturated rings. The van der Waals surface area contributed by atoms with Gasteiger partial charge in [-0.15, -0.1) is 12.4 Å². The van der Waals surface area contributed by atoms with Gasteiger partial charge in [-0.3, -0.25) is 9.59 Å². The smallest absolute Gasteiger partial charge is 0.242 e. The Bertz CT molecular complexity index is 303. The fourth-order valence-corrected chi connectivity index (χ4v) is 2.45. The highest BCUT2D eigenvalue weighted by Crippen LogP contribution is 2.14. The third kappa shape index (κ3) is 6.09. The van der Waals surface area contributed by atoms with Crippen LogP contribution in [0.1, 0.15) is 33.1 Å². The van der Waals surface area contributed by atoms with Gasteiger partial charge in [0.15, 0.2) is 0 Å². The summed E-state index contributed by atoms with van der Waals surface area (Å²) in [7, 11) is 1.72. The Balaban J connectivity index is 0.00000361. The molecule has 0 bridgehead atoms. The van der Waals surface area contributed by atoms with E-state index in [1.807, 2.05) is 13.8 Å². The van der Waals surface area contributed by atoms with Crippen LogP contribution in [0.5, 0.6) is 0 Å². The molecule has 1 saturated heterocycles. The van der Waals surface area contributed by atoms with Gasteiger partial charge in [0.25, 0.3) is 0 Å². The average Bonchev–Trinajstić information content (AvgIpc) is 2.90. The summed E-state index contributed by atoms with van der Waals surface area (Å²) in [4.78, 5) is 27.2. The molecule has 0 aliphatic carbocycles. The molecule has 20 heavy (non-hydrogen) atoms. The summed E-state index contributed by atoms with van der Waals surface area (Å²) in [5.74, 6) is 0.728. The molecule has 1 heterocycles. The van der Waals surface area contributed by atoms with E-state index < -0.39 is 0 Å². The minimum atomic E-state index is 0. The van der Waals surface area contributed by atoms with E-state index in [-0.39, 0.29) is 30.8 Å². The Morgan fingerprint density at radius 2 is 1.85 bits per heavy atom. The molecule has 0 radical (unpaired) electrons. The Morgan fingerprint density at radius 3 is 2.35 bits per heavy atom. The second-order valence-electron chi connectivity index (χ2n) is 5.21. The van der Waals surface area contributed by atoms with Gasteiger partial charge in [-0.1, -0.05) is 0 Å². The van der Waals surface area contributed by atoms with Gasteiger partial charge in [-0.25, -0.2) is 0 Å². The summed E-state index contributed by atoms with van der Waals surface area (Å²) in [6, 6.07) is 0. The highest BCUT2D eigenvalue weighted by Gasteiger charge is 2.19. The minimum absolute atomic E-state index is 0. The van der Waals surface area contributed by atoms with Gasteiger partial charge in [0.2, 0.25) is 11.8 Å².